The molecule has 16 heavy (non-hydrogen) atoms. The third-order valence-electron chi connectivity index (χ3n) is 2.83. The van der Waals surface area contributed by atoms with Crippen LogP contribution in [0, 0.1) is 0 Å². The molecule has 6 nitrogen and oxygen atoms in total. The highest BCUT2D eigenvalue weighted by molar-refractivity contribution is 7.91. The lowest BCUT2D eigenvalue weighted by Gasteiger charge is -2.19. The van der Waals surface area contributed by atoms with Gasteiger partial charge < -0.3 is 16.4 Å². The number of carbonyl (C=O) groups is 1. The van der Waals surface area contributed by atoms with Crippen LogP contribution in [0.25, 0.3) is 0 Å². The molecule has 1 saturated carbocycles. The van der Waals surface area contributed by atoms with Crippen LogP contribution >= 0.6 is 0 Å². The first kappa shape index (κ1) is 13.2. The van der Waals surface area contributed by atoms with E-state index in [0.29, 0.717) is 13.1 Å². The van der Waals surface area contributed by atoms with Gasteiger partial charge >= 0.3 is 6.03 Å². The highest BCUT2D eigenvalue weighted by Crippen LogP contribution is 2.24. The summed E-state index contributed by atoms with van der Waals surface area (Å²) < 4.78 is 22.9. The monoisotopic (exact) mass is 249 g/mol. The summed E-state index contributed by atoms with van der Waals surface area (Å²) in [5, 5.41) is 5.30. The zero-order valence-electron chi connectivity index (χ0n) is 9.40. The van der Waals surface area contributed by atoms with Crippen molar-refractivity contribution in [1.82, 2.24) is 10.6 Å². The van der Waals surface area contributed by atoms with Gasteiger partial charge in [0.15, 0.2) is 9.84 Å². The highest BCUT2D eigenvalue weighted by Gasteiger charge is 2.34. The summed E-state index contributed by atoms with van der Waals surface area (Å²) in [6.07, 6.45) is 3.80. The van der Waals surface area contributed by atoms with Crippen LogP contribution in [0.3, 0.4) is 0 Å². The number of primary amides is 1. The Hall–Kier alpha value is -0.820. The maximum atomic E-state index is 11.5. The van der Waals surface area contributed by atoms with E-state index in [-0.39, 0.29) is 11.3 Å². The number of nitrogens with two attached hydrogens (primary N) is 1. The van der Waals surface area contributed by atoms with Crippen LogP contribution in [0.1, 0.15) is 19.3 Å². The summed E-state index contributed by atoms with van der Waals surface area (Å²) in [6.45, 7) is 0.960. The molecule has 0 aromatic rings. The quantitative estimate of drug-likeness (QED) is 0.556. The molecule has 0 saturated heterocycles. The molecule has 1 aliphatic carbocycles. The first-order valence-electron chi connectivity index (χ1n) is 5.37. The van der Waals surface area contributed by atoms with Crippen LogP contribution in [0.2, 0.25) is 0 Å². The van der Waals surface area contributed by atoms with Gasteiger partial charge in [-0.25, -0.2) is 13.2 Å². The Morgan fingerprint density at radius 1 is 1.38 bits per heavy atom. The lowest BCUT2D eigenvalue weighted by atomic mass is 10.2. The Bertz CT molecular complexity index is 342. The molecule has 4 N–H and O–H groups in total. The van der Waals surface area contributed by atoms with Gasteiger partial charge in [-0.2, -0.15) is 0 Å². The van der Waals surface area contributed by atoms with Crippen LogP contribution in [0.4, 0.5) is 4.79 Å². The molecule has 2 amide bonds. The number of rotatable bonds is 5. The number of hydrogen-bond acceptors (Lipinski definition) is 4. The summed E-state index contributed by atoms with van der Waals surface area (Å²) in [5.74, 6) is 0. The van der Waals surface area contributed by atoms with E-state index >= 15 is 0 Å². The lowest BCUT2D eigenvalue weighted by Crippen LogP contribution is -2.44. The van der Waals surface area contributed by atoms with Crippen LogP contribution in [0.15, 0.2) is 0 Å². The smallest absolute Gasteiger partial charge is 0.312 e. The summed E-state index contributed by atoms with van der Waals surface area (Å²) in [4.78, 5) is 10.4. The van der Waals surface area contributed by atoms with Gasteiger partial charge in [0.25, 0.3) is 0 Å². The highest BCUT2D eigenvalue weighted by atomic mass is 32.2. The van der Waals surface area contributed by atoms with Crippen LogP contribution in [-0.4, -0.2) is 45.1 Å². The largest absolute Gasteiger partial charge is 0.352 e. The van der Waals surface area contributed by atoms with Gasteiger partial charge in [-0.15, -0.1) is 0 Å². The van der Waals surface area contributed by atoms with E-state index in [1.54, 1.807) is 0 Å². The molecule has 0 spiro atoms. The normalized spacial score (nSPS) is 25.6. The van der Waals surface area contributed by atoms with Crippen molar-refractivity contribution in [1.29, 1.82) is 0 Å². The molecular weight excluding hydrogens is 230 g/mol. The van der Waals surface area contributed by atoms with Crippen molar-refractivity contribution >= 4 is 15.9 Å². The van der Waals surface area contributed by atoms with E-state index in [0.717, 1.165) is 19.3 Å². The topological polar surface area (TPSA) is 101 Å². The molecule has 2 unspecified atom stereocenters. The average Bonchev–Trinajstić information content (AvgIpc) is 2.59. The second-order valence-electron chi connectivity index (χ2n) is 4.15. The number of carbonyl (C=O) groups excluding carboxylic acids is 1. The first-order chi connectivity index (χ1) is 7.41. The molecule has 0 bridgehead atoms. The fourth-order valence-corrected chi connectivity index (χ4v) is 3.54. The van der Waals surface area contributed by atoms with E-state index in [1.165, 1.54) is 6.26 Å². The van der Waals surface area contributed by atoms with E-state index in [1.807, 2.05) is 0 Å². The fraction of sp³-hybridized carbons (Fsp3) is 0.889. The predicted molar refractivity (Wildman–Crippen MR) is 61.9 cm³/mol. The van der Waals surface area contributed by atoms with Crippen molar-refractivity contribution in [2.24, 2.45) is 5.73 Å². The van der Waals surface area contributed by atoms with Crippen LogP contribution in [-0.2, 0) is 9.84 Å². The first-order valence-corrected chi connectivity index (χ1v) is 7.32. The maximum Gasteiger partial charge on any atom is 0.312 e. The van der Waals surface area contributed by atoms with Crippen molar-refractivity contribution in [2.75, 3.05) is 19.3 Å². The van der Waals surface area contributed by atoms with Gasteiger partial charge in [0.2, 0.25) is 0 Å². The molecule has 0 heterocycles. The fourth-order valence-electron chi connectivity index (χ4n) is 2.12. The van der Waals surface area contributed by atoms with Gasteiger partial charge in [0.05, 0.1) is 5.25 Å². The van der Waals surface area contributed by atoms with Crippen molar-refractivity contribution in [3.8, 4) is 0 Å². The van der Waals surface area contributed by atoms with E-state index < -0.39 is 15.9 Å². The number of sulfone groups is 1. The Morgan fingerprint density at radius 2 is 2.06 bits per heavy atom. The van der Waals surface area contributed by atoms with Crippen molar-refractivity contribution in [3.63, 3.8) is 0 Å². The van der Waals surface area contributed by atoms with Gasteiger partial charge in [0.1, 0.15) is 0 Å². The van der Waals surface area contributed by atoms with Crippen molar-refractivity contribution < 1.29 is 13.2 Å². The summed E-state index contributed by atoms with van der Waals surface area (Å²) in [6, 6.07) is -0.558. The maximum absolute atomic E-state index is 11.5. The van der Waals surface area contributed by atoms with E-state index in [2.05, 4.69) is 10.6 Å². The second kappa shape index (κ2) is 5.49. The van der Waals surface area contributed by atoms with Gasteiger partial charge in [0, 0.05) is 25.4 Å². The average molecular weight is 249 g/mol. The van der Waals surface area contributed by atoms with Gasteiger partial charge in [-0.3, -0.25) is 0 Å². The van der Waals surface area contributed by atoms with Gasteiger partial charge in [-0.05, 0) is 12.8 Å². The number of urea groups is 1. The minimum Gasteiger partial charge on any atom is -0.352 e. The van der Waals surface area contributed by atoms with Crippen molar-refractivity contribution in [2.45, 2.75) is 30.6 Å². The third-order valence-corrected chi connectivity index (χ3v) is 4.50. The van der Waals surface area contributed by atoms with Gasteiger partial charge in [-0.1, -0.05) is 6.42 Å². The molecule has 0 aromatic heterocycles. The zero-order chi connectivity index (χ0) is 12.2. The zero-order valence-corrected chi connectivity index (χ0v) is 10.2. The Kier molecular flexibility index (Phi) is 4.55. The minimum atomic E-state index is -2.98. The molecule has 1 fully saturated rings. The summed E-state index contributed by atoms with van der Waals surface area (Å²) >= 11 is 0. The molecular formula is C9H19N3O3S. The molecule has 0 aliphatic heterocycles. The molecule has 1 rings (SSSR count). The van der Waals surface area contributed by atoms with E-state index in [4.69, 9.17) is 5.73 Å². The van der Waals surface area contributed by atoms with Crippen LogP contribution < -0.4 is 16.4 Å². The van der Waals surface area contributed by atoms with E-state index in [9.17, 15) is 13.2 Å². The van der Waals surface area contributed by atoms with Crippen LogP contribution in [0.5, 0.6) is 0 Å². The SMILES string of the molecule is CS(=O)(=O)C1CCCC1NCCNC(N)=O. The predicted octanol–water partition coefficient (Wildman–Crippen LogP) is -0.790. The second-order valence-corrected chi connectivity index (χ2v) is 6.42. The lowest BCUT2D eigenvalue weighted by molar-refractivity contribution is 0.249. The minimum absolute atomic E-state index is 0.00433. The van der Waals surface area contributed by atoms with Crippen molar-refractivity contribution in [3.05, 3.63) is 0 Å². The molecule has 94 valence electrons. The number of nitrogens with one attached hydrogen (secondary N) is 2. The summed E-state index contributed by atoms with van der Waals surface area (Å²) in [7, 11) is -2.98. The number of amides is 2. The molecule has 0 radical (unpaired) electrons. The molecule has 2 atom stereocenters. The third kappa shape index (κ3) is 3.97. The molecule has 7 heteroatoms. The Morgan fingerprint density at radius 3 is 2.62 bits per heavy atom. The Balaban J connectivity index is 2.34. The number of hydrogen-bond donors (Lipinski definition) is 3. The summed E-state index contributed by atoms with van der Waals surface area (Å²) in [5.41, 5.74) is 4.91. The molecule has 0 aromatic carbocycles. The Labute approximate surface area is 95.9 Å². The molecule has 1 aliphatic rings. The standard InChI is InChI=1S/C9H19N3O3S/c1-16(14,15)8-4-2-3-7(8)11-5-6-12-9(10)13/h7-8,11H,2-6H2,1H3,(H3,10,12,13).